The molecule has 1 unspecified atom stereocenters. The van der Waals surface area contributed by atoms with Crippen molar-refractivity contribution in [1.82, 2.24) is 19.1 Å². The second kappa shape index (κ2) is 6.62. The lowest BCUT2D eigenvalue weighted by atomic mass is 10.1. The van der Waals surface area contributed by atoms with Crippen LogP contribution in [0.25, 0.3) is 0 Å². The molecule has 3 aliphatic heterocycles. The average Bonchev–Trinajstić information content (AvgIpc) is 3.24. The monoisotopic (exact) mass is 378 g/mol. The summed E-state index contributed by atoms with van der Waals surface area (Å²) in [5.41, 5.74) is 0. The van der Waals surface area contributed by atoms with Gasteiger partial charge in [-0.1, -0.05) is 0 Å². The van der Waals surface area contributed by atoms with E-state index >= 15 is 0 Å². The highest BCUT2D eigenvalue weighted by Crippen LogP contribution is 2.29. The van der Waals surface area contributed by atoms with Crippen LogP contribution in [-0.2, 0) is 19.6 Å². The second-order valence-corrected chi connectivity index (χ2v) is 9.08. The van der Waals surface area contributed by atoms with Crippen molar-refractivity contribution in [3.8, 4) is 0 Å². The molecule has 0 saturated carbocycles. The van der Waals surface area contributed by atoms with Crippen LogP contribution in [0, 0.1) is 5.92 Å². The lowest BCUT2D eigenvalue weighted by Gasteiger charge is -2.42. The molecule has 3 saturated heterocycles. The van der Waals surface area contributed by atoms with Crippen LogP contribution >= 0.6 is 0 Å². The fourth-order valence-electron chi connectivity index (χ4n) is 3.90. The van der Waals surface area contributed by atoms with Gasteiger partial charge in [-0.15, -0.1) is 0 Å². The van der Waals surface area contributed by atoms with Crippen molar-refractivity contribution in [2.24, 2.45) is 5.92 Å². The Labute approximate surface area is 152 Å². The van der Waals surface area contributed by atoms with E-state index in [4.69, 9.17) is 0 Å². The zero-order valence-electron chi connectivity index (χ0n) is 14.5. The smallest absolute Gasteiger partial charge is 0.244 e. The van der Waals surface area contributed by atoms with E-state index in [-0.39, 0.29) is 48.2 Å². The van der Waals surface area contributed by atoms with Gasteiger partial charge in [0.2, 0.25) is 21.8 Å². The summed E-state index contributed by atoms with van der Waals surface area (Å²) in [5, 5.41) is 0. The summed E-state index contributed by atoms with van der Waals surface area (Å²) in [5.74, 6) is -0.270. The Kier molecular flexibility index (Phi) is 4.44. The third-order valence-electron chi connectivity index (χ3n) is 5.47. The maximum atomic E-state index is 12.5. The number of carbonyl (C=O) groups excluding carboxylic acids is 2. The van der Waals surface area contributed by atoms with Crippen molar-refractivity contribution in [3.63, 3.8) is 0 Å². The molecule has 1 aromatic heterocycles. The van der Waals surface area contributed by atoms with E-state index in [1.54, 1.807) is 11.0 Å². The van der Waals surface area contributed by atoms with Gasteiger partial charge in [0.25, 0.3) is 0 Å². The lowest BCUT2D eigenvalue weighted by Crippen LogP contribution is -2.61. The highest BCUT2D eigenvalue weighted by molar-refractivity contribution is 7.89. The van der Waals surface area contributed by atoms with E-state index in [1.807, 2.05) is 4.90 Å². The Balaban J connectivity index is 1.37. The number of amides is 2. The molecule has 1 atom stereocenters. The van der Waals surface area contributed by atoms with Crippen LogP contribution in [0.15, 0.2) is 29.4 Å². The largest absolute Gasteiger partial charge is 0.342 e. The van der Waals surface area contributed by atoms with E-state index in [2.05, 4.69) is 4.98 Å². The van der Waals surface area contributed by atoms with Crippen LogP contribution in [-0.4, -0.2) is 78.1 Å². The standard InChI is InChI=1S/C17H22N4O4S/c22-16-8-13(17(23)19-6-1-2-7-19)10-21(16)14-11-20(12-14)26(24,25)15-4-3-5-18-9-15/h3-5,9,13-14H,1-2,6-8,10-12H2. The fourth-order valence-corrected chi connectivity index (χ4v) is 5.38. The van der Waals surface area contributed by atoms with Crippen LogP contribution in [0.4, 0.5) is 0 Å². The topological polar surface area (TPSA) is 90.9 Å². The summed E-state index contributed by atoms with van der Waals surface area (Å²) in [6.45, 7) is 2.51. The van der Waals surface area contributed by atoms with Gasteiger partial charge in [0, 0.05) is 51.5 Å². The van der Waals surface area contributed by atoms with Gasteiger partial charge in [-0.05, 0) is 25.0 Å². The van der Waals surface area contributed by atoms with Crippen LogP contribution < -0.4 is 0 Å². The van der Waals surface area contributed by atoms with Gasteiger partial charge < -0.3 is 9.80 Å². The number of hydrogen-bond donors (Lipinski definition) is 0. The van der Waals surface area contributed by atoms with E-state index in [9.17, 15) is 18.0 Å². The molecule has 3 aliphatic rings. The summed E-state index contributed by atoms with van der Waals surface area (Å²) in [4.78, 5) is 32.4. The van der Waals surface area contributed by atoms with Crippen molar-refractivity contribution in [3.05, 3.63) is 24.5 Å². The Hall–Kier alpha value is -2.00. The first-order chi connectivity index (χ1) is 12.5. The molecule has 8 nitrogen and oxygen atoms in total. The molecule has 4 rings (SSSR count). The molecule has 0 N–H and O–H groups in total. The number of carbonyl (C=O) groups is 2. The molecule has 0 aliphatic carbocycles. The molecule has 0 radical (unpaired) electrons. The highest BCUT2D eigenvalue weighted by Gasteiger charge is 2.46. The fraction of sp³-hybridized carbons (Fsp3) is 0.588. The molecule has 9 heteroatoms. The molecule has 0 spiro atoms. The first kappa shape index (κ1) is 17.4. The minimum Gasteiger partial charge on any atom is -0.342 e. The molecule has 140 valence electrons. The normalized spacial score (nSPS) is 24.9. The third-order valence-corrected chi connectivity index (χ3v) is 7.28. The predicted octanol–water partition coefficient (Wildman–Crippen LogP) is -0.0746. The number of likely N-dealkylation sites (tertiary alicyclic amines) is 2. The van der Waals surface area contributed by atoms with Gasteiger partial charge >= 0.3 is 0 Å². The van der Waals surface area contributed by atoms with Crippen LogP contribution in [0.5, 0.6) is 0 Å². The first-order valence-electron chi connectivity index (χ1n) is 8.95. The minimum atomic E-state index is -3.57. The van der Waals surface area contributed by atoms with Crippen molar-refractivity contribution >= 4 is 21.8 Å². The summed E-state index contributed by atoms with van der Waals surface area (Å²) in [6, 6.07) is 2.95. The molecule has 3 fully saturated rings. The third kappa shape index (κ3) is 2.99. The Morgan fingerprint density at radius 1 is 1.15 bits per heavy atom. The lowest BCUT2D eigenvalue weighted by molar-refractivity contribution is -0.135. The van der Waals surface area contributed by atoms with Gasteiger partial charge in [0.05, 0.1) is 12.0 Å². The zero-order valence-corrected chi connectivity index (χ0v) is 15.3. The summed E-state index contributed by atoms with van der Waals surface area (Å²) >= 11 is 0. The van der Waals surface area contributed by atoms with Gasteiger partial charge in [-0.2, -0.15) is 4.31 Å². The van der Waals surface area contributed by atoms with Crippen molar-refractivity contribution < 1.29 is 18.0 Å². The minimum absolute atomic E-state index is 0.0500. The van der Waals surface area contributed by atoms with E-state index in [0.717, 1.165) is 25.9 Å². The molecule has 1 aromatic rings. The molecule has 0 aromatic carbocycles. The van der Waals surface area contributed by atoms with Gasteiger partial charge in [0.1, 0.15) is 4.90 Å². The molecule has 4 heterocycles. The summed E-state index contributed by atoms with van der Waals surface area (Å²) < 4.78 is 26.4. The first-order valence-corrected chi connectivity index (χ1v) is 10.4. The average molecular weight is 378 g/mol. The number of rotatable bonds is 4. The predicted molar refractivity (Wildman–Crippen MR) is 92.4 cm³/mol. The number of sulfonamides is 1. The molecule has 26 heavy (non-hydrogen) atoms. The van der Waals surface area contributed by atoms with Crippen molar-refractivity contribution in [1.29, 1.82) is 0 Å². The van der Waals surface area contributed by atoms with Gasteiger partial charge in [-0.3, -0.25) is 14.6 Å². The molecular formula is C17H22N4O4S. The highest BCUT2D eigenvalue weighted by atomic mass is 32.2. The Morgan fingerprint density at radius 3 is 2.54 bits per heavy atom. The Bertz CT molecular complexity index is 801. The number of aromatic nitrogens is 1. The van der Waals surface area contributed by atoms with Crippen LogP contribution in [0.1, 0.15) is 19.3 Å². The number of hydrogen-bond acceptors (Lipinski definition) is 5. The maximum Gasteiger partial charge on any atom is 0.244 e. The summed E-state index contributed by atoms with van der Waals surface area (Å²) in [7, 11) is -3.57. The van der Waals surface area contributed by atoms with Crippen LogP contribution in [0.3, 0.4) is 0 Å². The Morgan fingerprint density at radius 2 is 1.88 bits per heavy atom. The van der Waals surface area contributed by atoms with Crippen molar-refractivity contribution in [2.45, 2.75) is 30.2 Å². The van der Waals surface area contributed by atoms with Crippen molar-refractivity contribution in [2.75, 3.05) is 32.7 Å². The van der Waals surface area contributed by atoms with Crippen LogP contribution in [0.2, 0.25) is 0 Å². The van der Waals surface area contributed by atoms with E-state index < -0.39 is 10.0 Å². The molecule has 2 amide bonds. The van der Waals surface area contributed by atoms with Gasteiger partial charge in [0.15, 0.2) is 0 Å². The summed E-state index contributed by atoms with van der Waals surface area (Å²) in [6.07, 6.45) is 5.15. The van der Waals surface area contributed by atoms with Gasteiger partial charge in [-0.25, -0.2) is 8.42 Å². The second-order valence-electron chi connectivity index (χ2n) is 7.14. The molecular weight excluding hydrogens is 356 g/mol. The maximum absolute atomic E-state index is 12.5. The number of nitrogens with zero attached hydrogens (tertiary/aromatic N) is 4. The SMILES string of the molecule is O=C(C1CC(=O)N(C2CN(S(=O)(=O)c3cccnc3)C2)C1)N1CCCC1. The molecule has 0 bridgehead atoms. The number of pyridine rings is 1. The zero-order chi connectivity index (χ0) is 18.3. The van der Waals surface area contributed by atoms with E-state index in [1.165, 1.54) is 22.8 Å². The quantitative estimate of drug-likeness (QED) is 0.731. The van der Waals surface area contributed by atoms with E-state index in [0.29, 0.717) is 6.54 Å².